The summed E-state index contributed by atoms with van der Waals surface area (Å²) in [5, 5.41) is 18.6. The van der Waals surface area contributed by atoms with Crippen molar-refractivity contribution in [1.29, 1.82) is 0 Å². The molecule has 0 bridgehead atoms. The Morgan fingerprint density at radius 3 is 2.52 bits per heavy atom. The van der Waals surface area contributed by atoms with Gasteiger partial charge in [0.1, 0.15) is 17.9 Å². The normalized spacial score (nSPS) is 12.2. The van der Waals surface area contributed by atoms with Crippen LogP contribution in [0.4, 0.5) is 16.3 Å². The minimum Gasteiger partial charge on any atom is -0.480 e. The summed E-state index contributed by atoms with van der Waals surface area (Å²) in [6.07, 6.45) is 1.64. The van der Waals surface area contributed by atoms with Gasteiger partial charge < -0.3 is 21.5 Å². The van der Waals surface area contributed by atoms with Crippen LogP contribution in [0, 0.1) is 5.92 Å². The highest BCUT2D eigenvalue weighted by Crippen LogP contribution is 2.27. The number of aromatic nitrogens is 3. The number of amides is 2. The van der Waals surface area contributed by atoms with Gasteiger partial charge in [0.25, 0.3) is 0 Å². The maximum absolute atomic E-state index is 13.3. The van der Waals surface area contributed by atoms with E-state index in [1.54, 1.807) is 28.8 Å². The number of carbonyl (C=O) groups is 3. The quantitative estimate of drug-likeness (QED) is 0.383. The van der Waals surface area contributed by atoms with Crippen molar-refractivity contribution < 1.29 is 19.5 Å². The number of ketones is 1. The van der Waals surface area contributed by atoms with Gasteiger partial charge in [-0.15, -0.1) is 0 Å². The minimum atomic E-state index is -1.11. The number of hydrogen-bond acceptors (Lipinski definition) is 6. The minimum absolute atomic E-state index is 0.0942. The monoisotopic (exact) mass is 452 g/mol. The lowest BCUT2D eigenvalue weighted by Gasteiger charge is -2.17. The van der Waals surface area contributed by atoms with Crippen molar-refractivity contribution >= 4 is 34.8 Å². The second-order valence-electron chi connectivity index (χ2n) is 8.57. The number of anilines is 2. The molecule has 0 spiro atoms. The van der Waals surface area contributed by atoms with Gasteiger partial charge in [-0.25, -0.2) is 19.1 Å². The van der Waals surface area contributed by atoms with Crippen molar-refractivity contribution in [2.24, 2.45) is 5.92 Å². The van der Waals surface area contributed by atoms with Crippen molar-refractivity contribution in [3.63, 3.8) is 0 Å². The first-order chi connectivity index (χ1) is 15.6. The van der Waals surface area contributed by atoms with E-state index in [1.807, 2.05) is 27.7 Å². The van der Waals surface area contributed by atoms with E-state index in [4.69, 9.17) is 5.73 Å². The molecule has 5 N–H and O–H groups in total. The number of aliphatic carboxylic acids is 1. The van der Waals surface area contributed by atoms with E-state index in [1.165, 1.54) is 12.4 Å². The van der Waals surface area contributed by atoms with Crippen molar-refractivity contribution in [3.05, 3.63) is 53.5 Å². The number of urea groups is 1. The van der Waals surface area contributed by atoms with Gasteiger partial charge in [0.15, 0.2) is 11.6 Å². The Kier molecular flexibility index (Phi) is 6.95. The zero-order valence-electron chi connectivity index (χ0n) is 19.0. The molecule has 0 fully saturated rings. The van der Waals surface area contributed by atoms with Gasteiger partial charge in [0.2, 0.25) is 0 Å². The summed E-state index contributed by atoms with van der Waals surface area (Å²) >= 11 is 0. The molecule has 3 aromatic rings. The van der Waals surface area contributed by atoms with Gasteiger partial charge >= 0.3 is 12.0 Å². The van der Waals surface area contributed by atoms with Crippen molar-refractivity contribution in [2.75, 3.05) is 11.1 Å². The highest BCUT2D eigenvalue weighted by molar-refractivity contribution is 6.15. The Bertz CT molecular complexity index is 1200. The van der Waals surface area contributed by atoms with Crippen LogP contribution in [0.3, 0.4) is 0 Å². The fourth-order valence-corrected chi connectivity index (χ4v) is 3.59. The molecule has 10 heteroatoms. The molecule has 0 aliphatic rings. The highest BCUT2D eigenvalue weighted by atomic mass is 16.4. The summed E-state index contributed by atoms with van der Waals surface area (Å²) < 4.78 is 1.62. The van der Waals surface area contributed by atoms with Gasteiger partial charge in [0, 0.05) is 16.9 Å². The Morgan fingerprint density at radius 1 is 1.15 bits per heavy atom. The number of rotatable bonds is 8. The summed E-state index contributed by atoms with van der Waals surface area (Å²) in [6.45, 7) is 7.72. The Morgan fingerprint density at radius 2 is 1.88 bits per heavy atom. The molecule has 2 amide bonds. The zero-order chi connectivity index (χ0) is 24.3. The standard InChI is InChI=1S/C23H28N6O4/c1-12(2)8-17(22(31)32)28-23(33)27-15-7-5-6-14(9-15)20(30)16-10-18(13(3)4)29-19(16)21(24)25-11-26-29/h5-7,9-13,17H,8H2,1-4H3,(H,31,32)(H2,24,25,26)(H2,27,28,33)/t17-/m0/s1. The van der Waals surface area contributed by atoms with E-state index in [-0.39, 0.29) is 23.4 Å². The molecule has 2 heterocycles. The molecule has 0 saturated carbocycles. The third-order valence-corrected chi connectivity index (χ3v) is 5.14. The molecule has 1 aromatic carbocycles. The molecule has 0 saturated heterocycles. The van der Waals surface area contributed by atoms with Crippen LogP contribution >= 0.6 is 0 Å². The SMILES string of the molecule is CC(C)C[C@H](NC(=O)Nc1cccc(C(=O)c2cc(C(C)C)n3ncnc(N)c23)c1)C(=O)O. The second kappa shape index (κ2) is 9.68. The van der Waals surface area contributed by atoms with E-state index in [0.717, 1.165) is 5.69 Å². The van der Waals surface area contributed by atoms with Crippen molar-refractivity contribution in [1.82, 2.24) is 19.9 Å². The summed E-state index contributed by atoms with van der Waals surface area (Å²) in [5.41, 5.74) is 8.34. The molecule has 1 atom stereocenters. The number of benzene rings is 1. The maximum atomic E-state index is 13.3. The predicted octanol–water partition coefficient (Wildman–Crippen LogP) is 3.29. The van der Waals surface area contributed by atoms with Crippen molar-refractivity contribution in [3.8, 4) is 0 Å². The molecule has 0 aliphatic heterocycles. The van der Waals surface area contributed by atoms with Crippen LogP contribution in [-0.2, 0) is 4.79 Å². The molecule has 174 valence electrons. The molecule has 2 aromatic heterocycles. The van der Waals surface area contributed by atoms with Crippen LogP contribution in [-0.4, -0.2) is 43.5 Å². The molecule has 0 unspecified atom stereocenters. The molecule has 0 radical (unpaired) electrons. The smallest absolute Gasteiger partial charge is 0.326 e. The van der Waals surface area contributed by atoms with Crippen LogP contribution in [0.25, 0.3) is 5.52 Å². The number of nitrogens with two attached hydrogens (primary N) is 1. The van der Waals surface area contributed by atoms with E-state index < -0.39 is 18.0 Å². The van der Waals surface area contributed by atoms with E-state index in [0.29, 0.717) is 28.8 Å². The summed E-state index contributed by atoms with van der Waals surface area (Å²) in [7, 11) is 0. The van der Waals surface area contributed by atoms with Crippen LogP contribution in [0.15, 0.2) is 36.7 Å². The third kappa shape index (κ3) is 5.28. The zero-order valence-corrected chi connectivity index (χ0v) is 19.0. The lowest BCUT2D eigenvalue weighted by Crippen LogP contribution is -2.43. The van der Waals surface area contributed by atoms with Crippen LogP contribution in [0.1, 0.15) is 61.6 Å². The average Bonchev–Trinajstić information content (AvgIpc) is 3.14. The maximum Gasteiger partial charge on any atom is 0.326 e. The molecule has 33 heavy (non-hydrogen) atoms. The predicted molar refractivity (Wildman–Crippen MR) is 124 cm³/mol. The molecular weight excluding hydrogens is 424 g/mol. The summed E-state index contributed by atoms with van der Waals surface area (Å²) in [5.74, 6) is -1.02. The Balaban J connectivity index is 1.86. The van der Waals surface area contributed by atoms with Gasteiger partial charge in [-0.3, -0.25) is 4.79 Å². The first-order valence-electron chi connectivity index (χ1n) is 10.7. The molecule has 10 nitrogen and oxygen atoms in total. The Labute approximate surface area is 191 Å². The van der Waals surface area contributed by atoms with E-state index >= 15 is 0 Å². The molecule has 3 rings (SSSR count). The van der Waals surface area contributed by atoms with Gasteiger partial charge in [-0.1, -0.05) is 39.8 Å². The summed E-state index contributed by atoms with van der Waals surface area (Å²) in [6, 6.07) is 6.48. The number of fused-ring (bicyclic) bond motifs is 1. The second-order valence-corrected chi connectivity index (χ2v) is 8.57. The third-order valence-electron chi connectivity index (χ3n) is 5.14. The topological polar surface area (TPSA) is 152 Å². The number of nitrogens with zero attached hydrogens (tertiary/aromatic N) is 3. The number of carboxylic acids is 1. The van der Waals surface area contributed by atoms with Gasteiger partial charge in [0.05, 0.1) is 5.56 Å². The number of nitrogens with one attached hydrogen (secondary N) is 2. The lowest BCUT2D eigenvalue weighted by atomic mass is 10.0. The Hall–Kier alpha value is -3.95. The van der Waals surface area contributed by atoms with Crippen molar-refractivity contribution in [2.45, 2.75) is 46.1 Å². The number of carbonyl (C=O) groups excluding carboxylic acids is 2. The van der Waals surface area contributed by atoms with Crippen LogP contribution in [0.5, 0.6) is 0 Å². The first kappa shape index (κ1) is 23.7. The van der Waals surface area contributed by atoms with Crippen LogP contribution in [0.2, 0.25) is 0 Å². The largest absolute Gasteiger partial charge is 0.480 e. The summed E-state index contributed by atoms with van der Waals surface area (Å²) in [4.78, 5) is 41.1. The average molecular weight is 453 g/mol. The van der Waals surface area contributed by atoms with Crippen LogP contribution < -0.4 is 16.4 Å². The fraction of sp³-hybridized carbons (Fsp3) is 0.348. The fourth-order valence-electron chi connectivity index (χ4n) is 3.59. The highest BCUT2D eigenvalue weighted by Gasteiger charge is 2.23. The van der Waals surface area contributed by atoms with E-state index in [2.05, 4.69) is 20.7 Å². The van der Waals surface area contributed by atoms with Gasteiger partial charge in [-0.2, -0.15) is 5.10 Å². The van der Waals surface area contributed by atoms with E-state index in [9.17, 15) is 19.5 Å². The first-order valence-corrected chi connectivity index (χ1v) is 10.7. The molecular formula is C23H28N6O4. The van der Waals surface area contributed by atoms with Gasteiger partial charge in [-0.05, 0) is 36.5 Å². The number of nitrogen functional groups attached to an aromatic ring is 1. The number of carboxylic acid groups (broad SMARTS) is 1. The molecule has 0 aliphatic carbocycles. The number of hydrogen-bond donors (Lipinski definition) is 4. The lowest BCUT2D eigenvalue weighted by molar-refractivity contribution is -0.139.